The number of allylic oxidation sites excluding steroid dienone is 1. The van der Waals surface area contributed by atoms with Crippen molar-refractivity contribution in [3.8, 4) is 0 Å². The maximum Gasteiger partial charge on any atom is 0.330 e. The molecule has 0 N–H and O–H groups in total. The molecule has 0 saturated heterocycles. The molecule has 2 heteroatoms. The summed E-state index contributed by atoms with van der Waals surface area (Å²) in [7, 11) is 0. The first kappa shape index (κ1) is 16.0. The van der Waals surface area contributed by atoms with Crippen LogP contribution in [-0.4, -0.2) is 12.6 Å². The van der Waals surface area contributed by atoms with E-state index < -0.39 is 0 Å². The lowest BCUT2D eigenvalue weighted by molar-refractivity contribution is -0.136. The van der Waals surface area contributed by atoms with E-state index in [9.17, 15) is 4.79 Å². The molecule has 0 amide bonds. The van der Waals surface area contributed by atoms with Crippen LogP contribution < -0.4 is 0 Å². The number of hydrogen-bond donors (Lipinski definition) is 0. The molecule has 0 aliphatic rings. The highest BCUT2D eigenvalue weighted by atomic mass is 16.5. The Balaban J connectivity index is 3.55. The Hall–Kier alpha value is -1.05. The number of esters is 1. The fourth-order valence-corrected chi connectivity index (χ4v) is 1.64. The smallest absolute Gasteiger partial charge is 0.330 e. The minimum absolute atomic E-state index is 0.256. The molecule has 0 atom stereocenters. The van der Waals surface area contributed by atoms with Gasteiger partial charge in [0.2, 0.25) is 0 Å². The Morgan fingerprint density at radius 1 is 1.18 bits per heavy atom. The predicted octanol–water partition coefficient (Wildman–Crippen LogP) is 4.41. The van der Waals surface area contributed by atoms with Gasteiger partial charge >= 0.3 is 5.97 Å². The lowest BCUT2D eigenvalue weighted by atomic mass is 10.1. The molecule has 17 heavy (non-hydrogen) atoms. The highest BCUT2D eigenvalue weighted by Crippen LogP contribution is 2.11. The molecular formula is C15H26O2. The first-order valence-corrected chi connectivity index (χ1v) is 6.65. The fraction of sp³-hybridized carbons (Fsp3) is 0.667. The van der Waals surface area contributed by atoms with Crippen LogP contribution in [0.15, 0.2) is 24.3 Å². The summed E-state index contributed by atoms with van der Waals surface area (Å²) in [6.07, 6.45) is 11.9. The number of ether oxygens (including phenoxy) is 1. The van der Waals surface area contributed by atoms with E-state index in [0.717, 1.165) is 12.0 Å². The van der Waals surface area contributed by atoms with E-state index in [4.69, 9.17) is 4.74 Å². The van der Waals surface area contributed by atoms with Gasteiger partial charge in [-0.3, -0.25) is 0 Å². The quantitative estimate of drug-likeness (QED) is 0.244. The monoisotopic (exact) mass is 238 g/mol. The second kappa shape index (κ2) is 11.4. The van der Waals surface area contributed by atoms with Crippen molar-refractivity contribution in [3.63, 3.8) is 0 Å². The summed E-state index contributed by atoms with van der Waals surface area (Å²) in [5.74, 6) is -0.256. The molecule has 0 unspecified atom stereocenters. The molecule has 98 valence electrons. The number of unbranched alkanes of at least 4 members (excludes halogenated alkanes) is 5. The van der Waals surface area contributed by atoms with E-state index in [0.29, 0.717) is 6.61 Å². The van der Waals surface area contributed by atoms with Crippen LogP contribution in [-0.2, 0) is 9.53 Å². The van der Waals surface area contributed by atoms with Crippen LogP contribution in [0.4, 0.5) is 0 Å². The lowest BCUT2D eigenvalue weighted by Crippen LogP contribution is -2.01. The molecule has 0 spiro atoms. The van der Waals surface area contributed by atoms with Crippen molar-refractivity contribution in [3.05, 3.63) is 24.3 Å². The summed E-state index contributed by atoms with van der Waals surface area (Å²) in [6, 6.07) is 0. The minimum atomic E-state index is -0.256. The lowest BCUT2D eigenvalue weighted by Gasteiger charge is -2.02. The van der Waals surface area contributed by atoms with Gasteiger partial charge in [-0.15, -0.1) is 0 Å². The average Bonchev–Trinajstić information content (AvgIpc) is 2.31. The third-order valence-electron chi connectivity index (χ3n) is 2.63. The van der Waals surface area contributed by atoms with Crippen molar-refractivity contribution in [1.82, 2.24) is 0 Å². The second-order valence-electron chi connectivity index (χ2n) is 4.43. The molecule has 0 bridgehead atoms. The van der Waals surface area contributed by atoms with Gasteiger partial charge in [0.05, 0.1) is 0 Å². The van der Waals surface area contributed by atoms with Crippen molar-refractivity contribution >= 4 is 5.97 Å². The number of carbonyl (C=O) groups is 1. The van der Waals surface area contributed by atoms with E-state index in [1.807, 2.05) is 6.92 Å². The summed E-state index contributed by atoms with van der Waals surface area (Å²) >= 11 is 0. The largest absolute Gasteiger partial charge is 0.458 e. The first-order valence-electron chi connectivity index (χ1n) is 6.65. The predicted molar refractivity (Wildman–Crippen MR) is 72.9 cm³/mol. The SMILES string of the molecule is C=CCOC(=O)/C=C(\C)CCCCCCCC. The van der Waals surface area contributed by atoms with Gasteiger partial charge in [0.25, 0.3) is 0 Å². The first-order chi connectivity index (χ1) is 8.20. The molecule has 0 aromatic carbocycles. The summed E-state index contributed by atoms with van der Waals surface area (Å²) in [4.78, 5) is 11.2. The molecule has 0 fully saturated rings. The van der Waals surface area contributed by atoms with Gasteiger partial charge in [-0.25, -0.2) is 4.79 Å². The van der Waals surface area contributed by atoms with Crippen LogP contribution in [0, 0.1) is 0 Å². The zero-order valence-electron chi connectivity index (χ0n) is 11.3. The van der Waals surface area contributed by atoms with Gasteiger partial charge in [-0.1, -0.05) is 57.3 Å². The molecule has 0 aromatic rings. The highest BCUT2D eigenvalue weighted by molar-refractivity contribution is 5.82. The zero-order chi connectivity index (χ0) is 12.9. The fourth-order valence-electron chi connectivity index (χ4n) is 1.64. The van der Waals surface area contributed by atoms with Gasteiger partial charge in [-0.05, 0) is 19.8 Å². The Labute approximate surface area is 106 Å². The van der Waals surface area contributed by atoms with Crippen molar-refractivity contribution in [2.75, 3.05) is 6.61 Å². The normalized spacial score (nSPS) is 11.3. The molecule has 0 radical (unpaired) electrons. The van der Waals surface area contributed by atoms with E-state index in [-0.39, 0.29) is 5.97 Å². The molecule has 0 aliphatic heterocycles. The maximum atomic E-state index is 11.2. The van der Waals surface area contributed by atoms with Gasteiger partial charge in [0.1, 0.15) is 6.61 Å². The minimum Gasteiger partial charge on any atom is -0.458 e. The van der Waals surface area contributed by atoms with E-state index >= 15 is 0 Å². The molecule has 0 aromatic heterocycles. The van der Waals surface area contributed by atoms with Gasteiger partial charge in [-0.2, -0.15) is 0 Å². The van der Waals surface area contributed by atoms with E-state index in [1.165, 1.54) is 38.5 Å². The van der Waals surface area contributed by atoms with Crippen LogP contribution in [0.5, 0.6) is 0 Å². The number of rotatable bonds is 10. The Morgan fingerprint density at radius 3 is 2.47 bits per heavy atom. The van der Waals surface area contributed by atoms with Gasteiger partial charge in [0, 0.05) is 6.08 Å². The van der Waals surface area contributed by atoms with Gasteiger partial charge in [0.15, 0.2) is 0 Å². The second-order valence-corrected chi connectivity index (χ2v) is 4.43. The third kappa shape index (κ3) is 11.2. The maximum absolute atomic E-state index is 11.2. The van der Waals surface area contributed by atoms with E-state index in [1.54, 1.807) is 12.2 Å². The highest BCUT2D eigenvalue weighted by Gasteiger charge is 1.98. The van der Waals surface area contributed by atoms with E-state index in [2.05, 4.69) is 13.5 Å². The summed E-state index contributed by atoms with van der Waals surface area (Å²) in [6.45, 7) is 8.00. The average molecular weight is 238 g/mol. The van der Waals surface area contributed by atoms with Crippen LogP contribution >= 0.6 is 0 Å². The summed E-state index contributed by atoms with van der Waals surface area (Å²) in [5, 5.41) is 0. The third-order valence-corrected chi connectivity index (χ3v) is 2.63. The Kier molecular flexibility index (Phi) is 10.7. The molecule has 0 rings (SSSR count). The van der Waals surface area contributed by atoms with Crippen LogP contribution in [0.2, 0.25) is 0 Å². The Morgan fingerprint density at radius 2 is 1.82 bits per heavy atom. The molecule has 0 heterocycles. The van der Waals surface area contributed by atoms with Crippen molar-refractivity contribution in [2.45, 2.75) is 58.8 Å². The van der Waals surface area contributed by atoms with Crippen molar-refractivity contribution in [1.29, 1.82) is 0 Å². The zero-order valence-corrected chi connectivity index (χ0v) is 11.3. The van der Waals surface area contributed by atoms with Crippen molar-refractivity contribution in [2.24, 2.45) is 0 Å². The summed E-state index contributed by atoms with van der Waals surface area (Å²) in [5.41, 5.74) is 1.11. The summed E-state index contributed by atoms with van der Waals surface area (Å²) < 4.78 is 4.89. The standard InChI is InChI=1S/C15H26O2/c1-4-6-7-8-9-10-11-14(3)13-15(16)17-12-5-2/h5,13H,2,4,6-12H2,1,3H3/b14-13+. The van der Waals surface area contributed by atoms with Gasteiger partial charge < -0.3 is 4.74 Å². The Bertz CT molecular complexity index is 241. The number of carbonyl (C=O) groups excluding carboxylic acids is 1. The topological polar surface area (TPSA) is 26.3 Å². The van der Waals surface area contributed by atoms with Crippen LogP contribution in [0.3, 0.4) is 0 Å². The van der Waals surface area contributed by atoms with Crippen molar-refractivity contribution < 1.29 is 9.53 Å². The molecule has 0 saturated carbocycles. The number of hydrogen-bond acceptors (Lipinski definition) is 2. The van der Waals surface area contributed by atoms with Crippen LogP contribution in [0.1, 0.15) is 58.8 Å². The molecule has 2 nitrogen and oxygen atoms in total. The molecular weight excluding hydrogens is 212 g/mol. The van der Waals surface area contributed by atoms with Crippen LogP contribution in [0.25, 0.3) is 0 Å². The molecule has 0 aliphatic carbocycles.